The van der Waals surface area contributed by atoms with Gasteiger partial charge in [0, 0.05) is 38.6 Å². The number of ether oxygens (including phenoxy) is 1. The lowest BCUT2D eigenvalue weighted by Crippen LogP contribution is -2.52. The first-order valence-electron chi connectivity index (χ1n) is 8.41. The molecule has 3 rings (SSSR count). The molecule has 7 heteroatoms. The van der Waals surface area contributed by atoms with Crippen LogP contribution in [0.1, 0.15) is 29.8 Å². The SMILES string of the molecule is Cc1cc(C=C2C(=O)N(C)C(=O)N(C)C2=O)c(C)n1C[C@@H]1CCCO1. The molecule has 7 nitrogen and oxygen atoms in total. The molecular weight excluding hydrogens is 322 g/mol. The first kappa shape index (κ1) is 17.4. The van der Waals surface area contributed by atoms with Crippen LogP contribution in [-0.2, 0) is 20.9 Å². The molecule has 0 N–H and O–H groups in total. The molecule has 1 atom stereocenters. The van der Waals surface area contributed by atoms with E-state index in [9.17, 15) is 14.4 Å². The van der Waals surface area contributed by atoms with Crippen LogP contribution in [0.4, 0.5) is 4.79 Å². The summed E-state index contributed by atoms with van der Waals surface area (Å²) in [7, 11) is 2.75. The smallest absolute Gasteiger partial charge is 0.333 e. The summed E-state index contributed by atoms with van der Waals surface area (Å²) in [5, 5.41) is 0. The van der Waals surface area contributed by atoms with Crippen molar-refractivity contribution in [2.75, 3.05) is 20.7 Å². The van der Waals surface area contributed by atoms with Gasteiger partial charge in [-0.15, -0.1) is 0 Å². The molecule has 3 heterocycles. The van der Waals surface area contributed by atoms with Crippen molar-refractivity contribution in [3.8, 4) is 0 Å². The van der Waals surface area contributed by atoms with Crippen molar-refractivity contribution < 1.29 is 19.1 Å². The summed E-state index contributed by atoms with van der Waals surface area (Å²) >= 11 is 0. The zero-order valence-electron chi connectivity index (χ0n) is 15.0. The fraction of sp³-hybridized carbons (Fsp3) is 0.500. The number of aromatic nitrogens is 1. The normalized spacial score (nSPS) is 21.5. The van der Waals surface area contributed by atoms with E-state index < -0.39 is 17.8 Å². The molecule has 25 heavy (non-hydrogen) atoms. The minimum atomic E-state index is -0.615. The van der Waals surface area contributed by atoms with Crippen molar-refractivity contribution in [3.05, 3.63) is 28.6 Å². The monoisotopic (exact) mass is 345 g/mol. The highest BCUT2D eigenvalue weighted by Gasteiger charge is 2.38. The van der Waals surface area contributed by atoms with Crippen LogP contribution in [0.15, 0.2) is 11.6 Å². The quantitative estimate of drug-likeness (QED) is 0.618. The number of carbonyl (C=O) groups is 3. The number of aryl methyl sites for hydroxylation is 1. The van der Waals surface area contributed by atoms with Crippen LogP contribution in [0, 0.1) is 13.8 Å². The van der Waals surface area contributed by atoms with Gasteiger partial charge in [-0.2, -0.15) is 0 Å². The van der Waals surface area contributed by atoms with Crippen LogP contribution in [0.25, 0.3) is 6.08 Å². The molecule has 0 unspecified atom stereocenters. The highest BCUT2D eigenvalue weighted by molar-refractivity contribution is 6.30. The molecule has 2 aliphatic heterocycles. The van der Waals surface area contributed by atoms with E-state index in [0.717, 1.165) is 52.7 Å². The summed E-state index contributed by atoms with van der Waals surface area (Å²) in [6.45, 7) is 5.53. The molecular formula is C18H23N3O4. The maximum atomic E-state index is 12.3. The molecule has 0 bridgehead atoms. The van der Waals surface area contributed by atoms with Crippen LogP contribution in [0.3, 0.4) is 0 Å². The Morgan fingerprint density at radius 3 is 2.36 bits per heavy atom. The minimum absolute atomic E-state index is 0.00182. The van der Waals surface area contributed by atoms with Crippen molar-refractivity contribution in [2.45, 2.75) is 39.3 Å². The summed E-state index contributed by atoms with van der Waals surface area (Å²) in [4.78, 5) is 38.4. The summed E-state index contributed by atoms with van der Waals surface area (Å²) in [6, 6.07) is 1.34. The molecule has 0 radical (unpaired) electrons. The number of urea groups is 1. The highest BCUT2D eigenvalue weighted by Crippen LogP contribution is 2.24. The second-order valence-corrected chi connectivity index (χ2v) is 6.64. The van der Waals surface area contributed by atoms with Gasteiger partial charge in [0.1, 0.15) is 5.57 Å². The average molecular weight is 345 g/mol. The number of likely N-dealkylation sites (N-methyl/N-ethyl adjacent to an activating group) is 2. The second kappa shape index (κ2) is 6.48. The lowest BCUT2D eigenvalue weighted by atomic mass is 10.1. The Balaban J connectivity index is 1.94. The van der Waals surface area contributed by atoms with Crippen LogP contribution >= 0.6 is 0 Å². The Labute approximate surface area is 146 Å². The predicted octanol–water partition coefficient (Wildman–Crippen LogP) is 1.72. The van der Waals surface area contributed by atoms with Gasteiger partial charge >= 0.3 is 6.03 Å². The van der Waals surface area contributed by atoms with E-state index >= 15 is 0 Å². The molecule has 0 saturated carbocycles. The largest absolute Gasteiger partial charge is 0.376 e. The van der Waals surface area contributed by atoms with Crippen LogP contribution in [0.5, 0.6) is 0 Å². The molecule has 2 saturated heterocycles. The van der Waals surface area contributed by atoms with Gasteiger partial charge in [-0.1, -0.05) is 0 Å². The molecule has 4 amide bonds. The number of amides is 4. The Kier molecular flexibility index (Phi) is 4.51. The van der Waals surface area contributed by atoms with Crippen LogP contribution in [0.2, 0.25) is 0 Å². The Morgan fingerprint density at radius 2 is 1.80 bits per heavy atom. The van der Waals surface area contributed by atoms with Crippen molar-refractivity contribution in [3.63, 3.8) is 0 Å². The van der Waals surface area contributed by atoms with E-state index in [1.54, 1.807) is 6.08 Å². The summed E-state index contributed by atoms with van der Waals surface area (Å²) in [6.07, 6.45) is 3.91. The van der Waals surface area contributed by atoms with Gasteiger partial charge in [0.25, 0.3) is 11.8 Å². The zero-order chi connectivity index (χ0) is 18.3. The number of hydrogen-bond acceptors (Lipinski definition) is 4. The second-order valence-electron chi connectivity index (χ2n) is 6.64. The van der Waals surface area contributed by atoms with Gasteiger partial charge in [0.15, 0.2) is 0 Å². The first-order valence-corrected chi connectivity index (χ1v) is 8.41. The Bertz CT molecular complexity index is 746. The molecule has 0 aliphatic carbocycles. The van der Waals surface area contributed by atoms with Gasteiger partial charge in [-0.3, -0.25) is 19.4 Å². The van der Waals surface area contributed by atoms with E-state index in [4.69, 9.17) is 4.74 Å². The summed E-state index contributed by atoms with van der Waals surface area (Å²) in [5.74, 6) is -1.14. The topological polar surface area (TPSA) is 71.9 Å². The molecule has 0 aromatic carbocycles. The first-order chi connectivity index (χ1) is 11.8. The van der Waals surface area contributed by atoms with Crippen molar-refractivity contribution in [1.29, 1.82) is 0 Å². The van der Waals surface area contributed by atoms with E-state index in [-0.39, 0.29) is 11.7 Å². The molecule has 1 aromatic rings. The summed E-state index contributed by atoms with van der Waals surface area (Å²) in [5.41, 5.74) is 2.84. The van der Waals surface area contributed by atoms with E-state index in [1.165, 1.54) is 14.1 Å². The van der Waals surface area contributed by atoms with Crippen LogP contribution < -0.4 is 0 Å². The van der Waals surface area contributed by atoms with Crippen molar-refractivity contribution in [1.82, 2.24) is 14.4 Å². The number of barbiturate groups is 1. The van der Waals surface area contributed by atoms with Gasteiger partial charge < -0.3 is 9.30 Å². The van der Waals surface area contributed by atoms with Gasteiger partial charge in [-0.05, 0) is 44.4 Å². The third-order valence-corrected chi connectivity index (χ3v) is 4.97. The number of imide groups is 2. The van der Waals surface area contributed by atoms with E-state index in [2.05, 4.69) is 4.57 Å². The van der Waals surface area contributed by atoms with Gasteiger partial charge in [0.2, 0.25) is 0 Å². The molecule has 2 aliphatic rings. The molecule has 2 fully saturated rings. The third kappa shape index (κ3) is 3.00. The highest BCUT2D eigenvalue weighted by atomic mass is 16.5. The minimum Gasteiger partial charge on any atom is -0.376 e. The maximum absolute atomic E-state index is 12.3. The van der Waals surface area contributed by atoms with Crippen LogP contribution in [-0.4, -0.2) is 59.0 Å². The van der Waals surface area contributed by atoms with E-state index in [0.29, 0.717) is 0 Å². The predicted molar refractivity (Wildman–Crippen MR) is 91.8 cm³/mol. The fourth-order valence-corrected chi connectivity index (χ4v) is 3.38. The number of carbonyl (C=O) groups excluding carboxylic acids is 3. The lowest BCUT2D eigenvalue weighted by Gasteiger charge is -2.28. The maximum Gasteiger partial charge on any atom is 0.333 e. The van der Waals surface area contributed by atoms with Gasteiger partial charge in [-0.25, -0.2) is 4.79 Å². The molecule has 134 valence electrons. The average Bonchev–Trinajstić information content (AvgIpc) is 3.19. The number of nitrogens with zero attached hydrogens (tertiary/aromatic N) is 3. The fourth-order valence-electron chi connectivity index (χ4n) is 3.38. The lowest BCUT2D eigenvalue weighted by molar-refractivity contribution is -0.134. The van der Waals surface area contributed by atoms with Crippen molar-refractivity contribution in [2.24, 2.45) is 0 Å². The van der Waals surface area contributed by atoms with Crippen molar-refractivity contribution >= 4 is 23.9 Å². The summed E-state index contributed by atoms with van der Waals surface area (Å²) < 4.78 is 7.86. The third-order valence-electron chi connectivity index (χ3n) is 4.97. The number of hydrogen-bond donors (Lipinski definition) is 0. The van der Waals surface area contributed by atoms with Gasteiger partial charge in [0.05, 0.1) is 6.10 Å². The van der Waals surface area contributed by atoms with E-state index in [1.807, 2.05) is 19.9 Å². The Morgan fingerprint density at radius 1 is 1.16 bits per heavy atom. The number of rotatable bonds is 3. The standard InChI is InChI=1S/C18H23N3O4/c1-11-8-13(12(2)21(11)10-14-6-5-7-25-14)9-15-16(22)19(3)18(24)20(4)17(15)23/h8-9,14H,5-7,10H2,1-4H3/t14-/m0/s1. The zero-order valence-corrected chi connectivity index (χ0v) is 15.0. The Hall–Kier alpha value is -2.41. The molecule has 0 spiro atoms. The molecule has 1 aromatic heterocycles.